The maximum Gasteiger partial charge on any atom is 0.269 e. The van der Waals surface area contributed by atoms with Gasteiger partial charge in [-0.15, -0.1) is 23.2 Å². The van der Waals surface area contributed by atoms with Gasteiger partial charge in [-0.1, -0.05) is 12.1 Å². The molecular formula is C22H20Cl2N8O2. The van der Waals surface area contributed by atoms with Crippen LogP contribution in [0, 0.1) is 10.1 Å². The Bertz CT molecular complexity index is 1330. The van der Waals surface area contributed by atoms with Gasteiger partial charge in [0.2, 0.25) is 0 Å². The second-order valence-corrected chi connectivity index (χ2v) is 8.03. The Balaban J connectivity index is 1.69. The minimum atomic E-state index is -0.479. The molecule has 4 N–H and O–H groups in total. The lowest BCUT2D eigenvalue weighted by Crippen LogP contribution is -2.27. The Morgan fingerprint density at radius 2 is 1.44 bits per heavy atom. The summed E-state index contributed by atoms with van der Waals surface area (Å²) in [6.45, 7) is 1.35. The van der Waals surface area contributed by atoms with Gasteiger partial charge in [-0.3, -0.25) is 10.1 Å². The maximum absolute atomic E-state index is 10.9. The number of nitrogens with two attached hydrogens (primary N) is 2. The molecular weight excluding hydrogens is 479 g/mol. The lowest BCUT2D eigenvalue weighted by molar-refractivity contribution is -0.384. The quantitative estimate of drug-likeness (QED) is 0.207. The van der Waals surface area contributed by atoms with Crippen LogP contribution in [0.4, 0.5) is 23.0 Å². The first-order valence-corrected chi connectivity index (χ1v) is 11.3. The van der Waals surface area contributed by atoms with E-state index in [2.05, 4.69) is 24.8 Å². The predicted molar refractivity (Wildman–Crippen MR) is 135 cm³/mol. The van der Waals surface area contributed by atoms with E-state index in [1.165, 1.54) is 12.1 Å². The number of nitro benzene ring substituents is 1. The third-order valence-electron chi connectivity index (χ3n) is 5.14. The third-order valence-corrected chi connectivity index (χ3v) is 5.47. The number of anilines is 3. The zero-order valence-corrected chi connectivity index (χ0v) is 19.4. The van der Waals surface area contributed by atoms with E-state index in [0.29, 0.717) is 41.6 Å². The van der Waals surface area contributed by atoms with Crippen LogP contribution >= 0.6 is 23.2 Å². The lowest BCUT2D eigenvalue weighted by atomic mass is 10.1. The van der Waals surface area contributed by atoms with Crippen molar-refractivity contribution in [1.82, 2.24) is 19.9 Å². The monoisotopic (exact) mass is 498 g/mol. The Hall–Kier alpha value is -3.76. The van der Waals surface area contributed by atoms with Gasteiger partial charge in [0.05, 0.1) is 4.92 Å². The number of nitro groups is 1. The number of aromatic nitrogens is 4. The molecule has 0 radical (unpaired) electrons. The van der Waals surface area contributed by atoms with Gasteiger partial charge in [-0.05, 0) is 24.3 Å². The molecule has 174 valence electrons. The first kappa shape index (κ1) is 23.4. The molecule has 0 aliphatic rings. The van der Waals surface area contributed by atoms with Gasteiger partial charge in [0, 0.05) is 53.8 Å². The molecule has 0 bridgehead atoms. The average molecular weight is 499 g/mol. The highest BCUT2D eigenvalue weighted by Gasteiger charge is 2.16. The lowest BCUT2D eigenvalue weighted by Gasteiger charge is -2.23. The largest absolute Gasteiger partial charge is 0.382 e. The summed E-state index contributed by atoms with van der Waals surface area (Å²) in [4.78, 5) is 30.2. The number of benzene rings is 2. The number of nitrogens with zero attached hydrogens (tertiary/aromatic N) is 6. The highest BCUT2D eigenvalue weighted by Crippen LogP contribution is 2.29. The van der Waals surface area contributed by atoms with Gasteiger partial charge >= 0.3 is 0 Å². The molecule has 0 amide bonds. The molecule has 0 saturated heterocycles. The molecule has 2 aromatic carbocycles. The molecule has 0 aliphatic carbocycles. The number of nitrogen functional groups attached to an aromatic ring is 2. The highest BCUT2D eigenvalue weighted by molar-refractivity contribution is 6.18. The van der Waals surface area contributed by atoms with Crippen LogP contribution in [0.1, 0.15) is 0 Å². The van der Waals surface area contributed by atoms with E-state index in [-0.39, 0.29) is 28.8 Å². The summed E-state index contributed by atoms with van der Waals surface area (Å²) < 4.78 is 0. The van der Waals surface area contributed by atoms with Gasteiger partial charge in [0.25, 0.3) is 5.69 Å². The topological polar surface area (TPSA) is 150 Å². The number of non-ortho nitro benzene ring substituents is 1. The van der Waals surface area contributed by atoms with Crippen LogP contribution in [0.2, 0.25) is 0 Å². The van der Waals surface area contributed by atoms with Crippen molar-refractivity contribution in [2.75, 3.05) is 41.2 Å². The average Bonchev–Trinajstić information content (AvgIpc) is 2.83. The van der Waals surface area contributed by atoms with Crippen molar-refractivity contribution in [2.24, 2.45) is 0 Å². The molecule has 4 rings (SSSR count). The van der Waals surface area contributed by atoms with Gasteiger partial charge in [-0.2, -0.15) is 0 Å². The van der Waals surface area contributed by atoms with Crippen molar-refractivity contribution < 1.29 is 4.92 Å². The SMILES string of the molecule is Nc1nc2nc(-c3ccc([N+](=O)[O-])cc3)nc(N)c2nc1-c1ccc(N(CCCl)CCCl)cc1. The summed E-state index contributed by atoms with van der Waals surface area (Å²) >= 11 is 11.8. The van der Waals surface area contributed by atoms with Crippen LogP contribution in [-0.4, -0.2) is 49.7 Å². The van der Waals surface area contributed by atoms with Crippen LogP contribution in [-0.2, 0) is 0 Å². The molecule has 0 aliphatic heterocycles. The zero-order valence-electron chi connectivity index (χ0n) is 17.9. The second kappa shape index (κ2) is 10.0. The molecule has 2 heterocycles. The first-order chi connectivity index (χ1) is 16.4. The standard InChI is InChI=1S/C22H20Cl2N8O2/c23-9-11-31(12-10-24)15-5-1-13(2-6-15)17-19(25)29-22-18(27-17)20(26)28-21(30-22)14-3-7-16(8-4-14)32(33)34/h1-8H,9-12H2,(H4,25,26,28,29,30). The zero-order chi connectivity index (χ0) is 24.2. The fraction of sp³-hybridized carbons (Fsp3) is 0.182. The molecule has 10 nitrogen and oxygen atoms in total. The van der Waals surface area contributed by atoms with E-state index in [4.69, 9.17) is 34.7 Å². The summed E-state index contributed by atoms with van der Waals surface area (Å²) in [7, 11) is 0. The summed E-state index contributed by atoms with van der Waals surface area (Å²) in [5.74, 6) is 1.56. The number of alkyl halides is 2. The van der Waals surface area contributed by atoms with Crippen LogP contribution in [0.5, 0.6) is 0 Å². The van der Waals surface area contributed by atoms with Crippen LogP contribution in [0.25, 0.3) is 33.8 Å². The molecule has 0 unspecified atom stereocenters. The number of hydrogen-bond donors (Lipinski definition) is 2. The number of hydrogen-bond acceptors (Lipinski definition) is 9. The van der Waals surface area contributed by atoms with Gasteiger partial charge in [-0.25, -0.2) is 19.9 Å². The Labute approximate surface area is 204 Å². The molecule has 12 heteroatoms. The number of rotatable bonds is 8. The number of fused-ring (bicyclic) bond motifs is 1. The van der Waals surface area contributed by atoms with Gasteiger partial charge < -0.3 is 16.4 Å². The van der Waals surface area contributed by atoms with E-state index < -0.39 is 4.92 Å². The molecule has 0 spiro atoms. The Kier molecular flexibility index (Phi) is 6.90. The van der Waals surface area contributed by atoms with Crippen molar-refractivity contribution in [3.8, 4) is 22.6 Å². The Morgan fingerprint density at radius 3 is 2.03 bits per heavy atom. The van der Waals surface area contributed by atoms with Crippen molar-refractivity contribution in [3.05, 3.63) is 58.6 Å². The molecule has 0 atom stereocenters. The van der Waals surface area contributed by atoms with E-state index >= 15 is 0 Å². The third kappa shape index (κ3) is 4.78. The van der Waals surface area contributed by atoms with E-state index in [0.717, 1.165) is 11.3 Å². The molecule has 0 saturated carbocycles. The highest BCUT2D eigenvalue weighted by atomic mass is 35.5. The fourth-order valence-corrected chi connectivity index (χ4v) is 3.87. The van der Waals surface area contributed by atoms with E-state index in [9.17, 15) is 10.1 Å². The molecule has 2 aromatic heterocycles. The van der Waals surface area contributed by atoms with Gasteiger partial charge in [0.1, 0.15) is 5.69 Å². The van der Waals surface area contributed by atoms with E-state index in [1.807, 2.05) is 24.3 Å². The van der Waals surface area contributed by atoms with Crippen molar-refractivity contribution in [2.45, 2.75) is 0 Å². The minimum Gasteiger partial charge on any atom is -0.382 e. The summed E-state index contributed by atoms with van der Waals surface area (Å²) in [5.41, 5.74) is 15.6. The molecule has 34 heavy (non-hydrogen) atoms. The molecule has 0 fully saturated rings. The number of halogens is 2. The van der Waals surface area contributed by atoms with Crippen molar-refractivity contribution in [3.63, 3.8) is 0 Å². The first-order valence-electron chi connectivity index (χ1n) is 10.2. The van der Waals surface area contributed by atoms with Crippen LogP contribution in [0.3, 0.4) is 0 Å². The maximum atomic E-state index is 10.9. The van der Waals surface area contributed by atoms with Crippen molar-refractivity contribution >= 4 is 57.4 Å². The fourth-order valence-electron chi connectivity index (χ4n) is 3.46. The van der Waals surface area contributed by atoms with E-state index in [1.54, 1.807) is 12.1 Å². The Morgan fingerprint density at radius 1 is 0.824 bits per heavy atom. The van der Waals surface area contributed by atoms with Crippen molar-refractivity contribution in [1.29, 1.82) is 0 Å². The van der Waals surface area contributed by atoms with Crippen LogP contribution in [0.15, 0.2) is 48.5 Å². The predicted octanol–water partition coefficient (Wildman–Crippen LogP) is 4.11. The smallest absolute Gasteiger partial charge is 0.269 e. The summed E-state index contributed by atoms with van der Waals surface area (Å²) in [6, 6.07) is 13.5. The summed E-state index contributed by atoms with van der Waals surface area (Å²) in [6.07, 6.45) is 0. The normalized spacial score (nSPS) is 11.0. The second-order valence-electron chi connectivity index (χ2n) is 7.28. The molecule has 4 aromatic rings. The summed E-state index contributed by atoms with van der Waals surface area (Å²) in [5, 5.41) is 10.9. The minimum absolute atomic E-state index is 0.0364. The van der Waals surface area contributed by atoms with Crippen LogP contribution < -0.4 is 16.4 Å². The van der Waals surface area contributed by atoms with Gasteiger partial charge in [0.15, 0.2) is 28.6 Å².